The number of amides is 1. The van der Waals surface area contributed by atoms with Gasteiger partial charge in [-0.15, -0.1) is 0 Å². The molecule has 0 bridgehead atoms. The Balaban J connectivity index is 2.66. The van der Waals surface area contributed by atoms with Gasteiger partial charge < -0.3 is 15.2 Å². The quantitative estimate of drug-likeness (QED) is 0.847. The Morgan fingerprint density at radius 1 is 1.32 bits per heavy atom. The van der Waals surface area contributed by atoms with E-state index in [1.54, 1.807) is 0 Å². The Kier molecular flexibility index (Phi) is 5.97. The molecule has 1 atom stereocenters. The van der Waals surface area contributed by atoms with Crippen LogP contribution in [0.1, 0.15) is 45.2 Å². The number of hydrogen-bond acceptors (Lipinski definition) is 3. The van der Waals surface area contributed by atoms with E-state index in [-0.39, 0.29) is 24.3 Å². The second-order valence-electron chi connectivity index (χ2n) is 6.43. The highest BCUT2D eigenvalue weighted by atomic mass is 16.5. The lowest BCUT2D eigenvalue weighted by Crippen LogP contribution is -2.38. The maximum atomic E-state index is 11.7. The van der Waals surface area contributed by atoms with Crippen molar-refractivity contribution in [2.24, 2.45) is 0 Å². The molecule has 0 aliphatic carbocycles. The largest absolute Gasteiger partial charge is 0.492 e. The van der Waals surface area contributed by atoms with E-state index in [4.69, 9.17) is 9.84 Å². The Labute approximate surface area is 131 Å². The molecule has 0 heterocycles. The zero-order valence-electron chi connectivity index (χ0n) is 13.9. The average molecular weight is 307 g/mol. The van der Waals surface area contributed by atoms with E-state index in [2.05, 4.69) is 26.1 Å². The van der Waals surface area contributed by atoms with Gasteiger partial charge in [-0.25, -0.2) is 0 Å². The van der Waals surface area contributed by atoms with Gasteiger partial charge in [-0.2, -0.15) is 0 Å². The van der Waals surface area contributed by atoms with Gasteiger partial charge in [-0.1, -0.05) is 39.0 Å². The molecule has 1 rings (SSSR count). The maximum absolute atomic E-state index is 11.7. The number of carboxylic acids is 1. The highest BCUT2D eigenvalue weighted by Crippen LogP contribution is 2.33. The van der Waals surface area contributed by atoms with Crippen molar-refractivity contribution in [3.05, 3.63) is 29.3 Å². The second-order valence-corrected chi connectivity index (χ2v) is 6.43. The summed E-state index contributed by atoms with van der Waals surface area (Å²) in [4.78, 5) is 22.3. The van der Waals surface area contributed by atoms with Crippen LogP contribution in [0.3, 0.4) is 0 Å². The van der Waals surface area contributed by atoms with Crippen LogP contribution in [0.25, 0.3) is 0 Å². The van der Waals surface area contributed by atoms with Gasteiger partial charge in [0.25, 0.3) is 0 Å². The standard InChI is InChI=1S/C17H25NO4/c1-11-7-6-8-13(17(3,4)5)15(11)22-10-9-14(19)18-12(2)16(20)21/h6-8,12H,9-10H2,1-5H3,(H,18,19)(H,20,21). The Morgan fingerprint density at radius 3 is 2.50 bits per heavy atom. The molecule has 5 heteroatoms. The van der Waals surface area contributed by atoms with Crippen LogP contribution in [0.15, 0.2) is 18.2 Å². The molecule has 0 aliphatic rings. The van der Waals surface area contributed by atoms with E-state index >= 15 is 0 Å². The van der Waals surface area contributed by atoms with Gasteiger partial charge >= 0.3 is 5.97 Å². The van der Waals surface area contributed by atoms with E-state index in [1.807, 2.05) is 25.1 Å². The summed E-state index contributed by atoms with van der Waals surface area (Å²) in [5.74, 6) is -0.585. The molecule has 1 unspecified atom stereocenters. The number of aryl methyl sites for hydroxylation is 1. The van der Waals surface area contributed by atoms with Gasteiger partial charge in [0.1, 0.15) is 11.8 Å². The lowest BCUT2D eigenvalue weighted by atomic mass is 9.85. The molecule has 1 amide bonds. The number of carbonyl (C=O) groups excluding carboxylic acids is 1. The molecule has 0 spiro atoms. The molecule has 122 valence electrons. The molecule has 2 N–H and O–H groups in total. The minimum Gasteiger partial charge on any atom is -0.492 e. The third-order valence-electron chi connectivity index (χ3n) is 3.34. The molecule has 0 aromatic heterocycles. The minimum absolute atomic E-state index is 0.0541. The van der Waals surface area contributed by atoms with Gasteiger partial charge in [-0.05, 0) is 30.4 Å². The lowest BCUT2D eigenvalue weighted by molar-refractivity contribution is -0.141. The Bertz CT molecular complexity index is 546. The van der Waals surface area contributed by atoms with Crippen molar-refractivity contribution in [1.29, 1.82) is 0 Å². The van der Waals surface area contributed by atoms with Crippen LogP contribution in [0.5, 0.6) is 5.75 Å². The number of carbonyl (C=O) groups is 2. The predicted molar refractivity (Wildman–Crippen MR) is 85.2 cm³/mol. The SMILES string of the molecule is Cc1cccc(C(C)(C)C)c1OCCC(=O)NC(C)C(=O)O. The minimum atomic E-state index is -1.05. The molecule has 0 radical (unpaired) electrons. The summed E-state index contributed by atoms with van der Waals surface area (Å²) in [6.07, 6.45) is 0.121. The molecule has 0 saturated carbocycles. The zero-order chi connectivity index (χ0) is 16.9. The molecular formula is C17H25NO4. The number of carboxylic acid groups (broad SMARTS) is 1. The van der Waals surface area contributed by atoms with E-state index in [1.165, 1.54) is 6.92 Å². The van der Waals surface area contributed by atoms with E-state index < -0.39 is 12.0 Å². The number of benzene rings is 1. The number of hydrogen-bond donors (Lipinski definition) is 2. The van der Waals surface area contributed by atoms with Crippen molar-refractivity contribution in [3.8, 4) is 5.75 Å². The highest BCUT2D eigenvalue weighted by molar-refractivity contribution is 5.83. The summed E-state index contributed by atoms with van der Waals surface area (Å²) in [6.45, 7) is 9.94. The molecule has 0 saturated heterocycles. The van der Waals surface area contributed by atoms with Gasteiger partial charge in [0.15, 0.2) is 0 Å². The first-order valence-electron chi connectivity index (χ1n) is 7.38. The van der Waals surface area contributed by atoms with Gasteiger partial charge in [-0.3, -0.25) is 9.59 Å². The summed E-state index contributed by atoms with van der Waals surface area (Å²) in [6, 6.07) is 5.09. The lowest BCUT2D eigenvalue weighted by Gasteiger charge is -2.24. The smallest absolute Gasteiger partial charge is 0.325 e. The number of ether oxygens (including phenoxy) is 1. The molecule has 5 nitrogen and oxygen atoms in total. The van der Waals surface area contributed by atoms with E-state index in [9.17, 15) is 9.59 Å². The predicted octanol–water partition coefficient (Wildman–Crippen LogP) is 2.65. The summed E-state index contributed by atoms with van der Waals surface area (Å²) in [7, 11) is 0. The highest BCUT2D eigenvalue weighted by Gasteiger charge is 2.20. The summed E-state index contributed by atoms with van der Waals surface area (Å²) < 4.78 is 5.80. The van der Waals surface area contributed by atoms with Crippen LogP contribution < -0.4 is 10.1 Å². The molecular weight excluding hydrogens is 282 g/mol. The third kappa shape index (κ3) is 5.06. The number of para-hydroxylation sites is 1. The number of rotatable bonds is 6. The fraction of sp³-hybridized carbons (Fsp3) is 0.529. The van der Waals surface area contributed by atoms with Crippen molar-refractivity contribution in [2.45, 2.75) is 52.5 Å². The molecule has 0 fully saturated rings. The normalized spacial score (nSPS) is 12.6. The number of aliphatic carboxylic acids is 1. The van der Waals surface area contributed by atoms with Crippen molar-refractivity contribution in [1.82, 2.24) is 5.32 Å². The first-order valence-corrected chi connectivity index (χ1v) is 7.38. The molecule has 0 aliphatic heterocycles. The maximum Gasteiger partial charge on any atom is 0.325 e. The Hall–Kier alpha value is -2.04. The zero-order valence-corrected chi connectivity index (χ0v) is 13.9. The van der Waals surface area contributed by atoms with Gasteiger partial charge in [0, 0.05) is 0 Å². The van der Waals surface area contributed by atoms with Crippen LogP contribution in [-0.2, 0) is 15.0 Å². The van der Waals surface area contributed by atoms with Crippen LogP contribution in [0.4, 0.5) is 0 Å². The molecule has 1 aromatic rings. The second kappa shape index (κ2) is 7.29. The first-order chi connectivity index (χ1) is 10.1. The molecule has 1 aromatic carbocycles. The van der Waals surface area contributed by atoms with Crippen LogP contribution in [-0.4, -0.2) is 29.6 Å². The average Bonchev–Trinajstić information content (AvgIpc) is 2.39. The van der Waals surface area contributed by atoms with Crippen LogP contribution in [0, 0.1) is 6.92 Å². The Morgan fingerprint density at radius 2 is 1.95 bits per heavy atom. The summed E-state index contributed by atoms with van der Waals surface area (Å²) >= 11 is 0. The fourth-order valence-electron chi connectivity index (χ4n) is 2.06. The van der Waals surface area contributed by atoms with Crippen molar-refractivity contribution >= 4 is 11.9 Å². The first kappa shape index (κ1) is 18.0. The van der Waals surface area contributed by atoms with E-state index in [0.717, 1.165) is 16.9 Å². The van der Waals surface area contributed by atoms with Crippen molar-refractivity contribution in [2.75, 3.05) is 6.61 Å². The van der Waals surface area contributed by atoms with Gasteiger partial charge in [0.05, 0.1) is 13.0 Å². The van der Waals surface area contributed by atoms with E-state index in [0.29, 0.717) is 0 Å². The van der Waals surface area contributed by atoms with Crippen LogP contribution >= 0.6 is 0 Å². The van der Waals surface area contributed by atoms with Crippen molar-refractivity contribution < 1.29 is 19.4 Å². The number of nitrogens with one attached hydrogen (secondary N) is 1. The topological polar surface area (TPSA) is 75.6 Å². The monoisotopic (exact) mass is 307 g/mol. The summed E-state index contributed by atoms with van der Waals surface area (Å²) in [5, 5.41) is 11.2. The van der Waals surface area contributed by atoms with Crippen LogP contribution in [0.2, 0.25) is 0 Å². The fourth-order valence-corrected chi connectivity index (χ4v) is 2.06. The van der Waals surface area contributed by atoms with Gasteiger partial charge in [0.2, 0.25) is 5.91 Å². The molecule has 22 heavy (non-hydrogen) atoms. The van der Waals surface area contributed by atoms with Crippen molar-refractivity contribution in [3.63, 3.8) is 0 Å². The third-order valence-corrected chi connectivity index (χ3v) is 3.34. The summed E-state index contributed by atoms with van der Waals surface area (Å²) in [5.41, 5.74) is 2.06.